The Labute approximate surface area is 254 Å². The first-order chi connectivity index (χ1) is 21.2. The molecule has 0 saturated carbocycles. The molecule has 2 amide bonds. The predicted octanol–water partition coefficient (Wildman–Crippen LogP) is 4.05. The Balaban J connectivity index is 1.49. The van der Waals surface area contributed by atoms with Gasteiger partial charge < -0.3 is 10.0 Å². The molecular formula is C31H25FN4O9. The number of carbonyl (C=O) groups is 4. The van der Waals surface area contributed by atoms with Crippen molar-refractivity contribution in [2.75, 3.05) is 23.9 Å². The summed E-state index contributed by atoms with van der Waals surface area (Å²) in [4.78, 5) is 78.8. The van der Waals surface area contributed by atoms with E-state index in [4.69, 9.17) is 0 Å². The van der Waals surface area contributed by atoms with Gasteiger partial charge in [0.05, 0.1) is 27.4 Å². The Morgan fingerprint density at radius 1 is 0.978 bits per heavy atom. The smallest absolute Gasteiger partial charge is 0.301 e. The highest BCUT2D eigenvalue weighted by molar-refractivity contribution is 6.25. The first kappa shape index (κ1) is 29.5. The molecule has 13 nitrogen and oxygen atoms in total. The van der Waals surface area contributed by atoms with Crippen LogP contribution in [0.5, 0.6) is 5.75 Å². The molecule has 6 rings (SSSR count). The number of nitro groups is 2. The number of Topliss-reactive ketones (excluding diaryl/α,β-unsaturated/α-hetero) is 1. The van der Waals surface area contributed by atoms with Gasteiger partial charge >= 0.3 is 11.4 Å². The molecule has 1 fully saturated rings. The molecule has 1 N–H and O–H groups in total. The molecule has 1 heterocycles. The van der Waals surface area contributed by atoms with Gasteiger partial charge in [0, 0.05) is 48.9 Å². The summed E-state index contributed by atoms with van der Waals surface area (Å²) in [5.41, 5.74) is -0.728. The number of halogens is 1. The van der Waals surface area contributed by atoms with Crippen molar-refractivity contribution in [3.8, 4) is 5.75 Å². The van der Waals surface area contributed by atoms with E-state index < -0.39 is 79.8 Å². The zero-order chi connectivity index (χ0) is 32.6. The summed E-state index contributed by atoms with van der Waals surface area (Å²) < 4.78 is 14.6. The molecule has 230 valence electrons. The number of allylic oxidation sites excluding steroid dienone is 6. The molecule has 2 aromatic carbocycles. The molecule has 0 spiro atoms. The van der Waals surface area contributed by atoms with E-state index in [-0.39, 0.29) is 46.5 Å². The molecule has 4 atom stereocenters. The van der Waals surface area contributed by atoms with Crippen LogP contribution in [0.3, 0.4) is 0 Å². The third-order valence-electron chi connectivity index (χ3n) is 9.02. The number of imide groups is 1. The highest BCUT2D eigenvalue weighted by atomic mass is 19.1. The second-order valence-electron chi connectivity index (χ2n) is 11.7. The maximum absolute atomic E-state index is 14.6. The summed E-state index contributed by atoms with van der Waals surface area (Å²) in [7, 11) is 2.78. The number of rotatable bonds is 5. The van der Waals surface area contributed by atoms with Crippen molar-refractivity contribution in [3.63, 3.8) is 0 Å². The third-order valence-corrected chi connectivity index (χ3v) is 9.02. The number of nitrogens with zero attached hydrogens (tertiary/aromatic N) is 4. The van der Waals surface area contributed by atoms with Crippen LogP contribution in [-0.4, -0.2) is 52.4 Å². The molecule has 4 aliphatic rings. The Morgan fingerprint density at radius 2 is 1.62 bits per heavy atom. The second kappa shape index (κ2) is 10.3. The average molecular weight is 617 g/mol. The first-order valence-corrected chi connectivity index (χ1v) is 13.9. The molecular weight excluding hydrogens is 591 g/mol. The van der Waals surface area contributed by atoms with Crippen LogP contribution in [0.25, 0.3) is 0 Å². The van der Waals surface area contributed by atoms with Gasteiger partial charge in [-0.15, -0.1) is 0 Å². The Kier molecular flexibility index (Phi) is 6.75. The normalized spacial score (nSPS) is 24.1. The standard InChI is InChI=1S/C31H25FN4O9/c1-13-8-24(38)19-12-18-16(25(27(19)29(13)39)14-4-7-23(37)20(32)9-14)5-6-17-26(18)31(41)34(30(17)40)15-10-21(35(42)43)28(33(2)3)22(11-15)36(44)45/h4-5,7-11,17-18,25-26,37H,6,12H2,1-3H3. The lowest BCUT2D eigenvalue weighted by Gasteiger charge is -2.42. The third kappa shape index (κ3) is 4.35. The molecule has 0 bridgehead atoms. The lowest BCUT2D eigenvalue weighted by Crippen LogP contribution is -2.39. The van der Waals surface area contributed by atoms with Crippen molar-refractivity contribution < 1.29 is 38.5 Å². The summed E-state index contributed by atoms with van der Waals surface area (Å²) in [5.74, 6) is -7.67. The lowest BCUT2D eigenvalue weighted by atomic mass is 9.59. The number of fused-ring (bicyclic) bond motifs is 3. The molecule has 2 aromatic rings. The van der Waals surface area contributed by atoms with Crippen molar-refractivity contribution in [2.45, 2.75) is 25.7 Å². The molecule has 45 heavy (non-hydrogen) atoms. The van der Waals surface area contributed by atoms with Crippen LogP contribution in [0.2, 0.25) is 0 Å². The number of hydrogen-bond acceptors (Lipinski definition) is 10. The SMILES string of the molecule is CC1=CC(=O)C2=C(C1=O)C(c1ccc(O)c(F)c1)C1=CCC3C(=O)N(c4cc([N+](=O)[O-])c(N(C)C)c([N+](=O)[O-])c4)C(=O)C3C1C2. The number of hydrogen-bond donors (Lipinski definition) is 1. The first-order valence-electron chi connectivity index (χ1n) is 13.9. The number of phenolic OH excluding ortho intramolecular Hbond substituents is 1. The summed E-state index contributed by atoms with van der Waals surface area (Å²) in [6, 6.07) is 5.51. The topological polar surface area (TPSA) is 181 Å². The molecule has 14 heteroatoms. The number of phenols is 1. The van der Waals surface area contributed by atoms with E-state index >= 15 is 0 Å². The van der Waals surface area contributed by atoms with Crippen LogP contribution >= 0.6 is 0 Å². The van der Waals surface area contributed by atoms with Gasteiger partial charge in [0.2, 0.25) is 11.8 Å². The van der Waals surface area contributed by atoms with E-state index in [1.165, 1.54) is 38.1 Å². The number of benzene rings is 2. The minimum atomic E-state index is -1.07. The minimum Gasteiger partial charge on any atom is -0.505 e. The maximum Gasteiger partial charge on any atom is 0.301 e. The average Bonchev–Trinajstić information content (AvgIpc) is 3.24. The summed E-state index contributed by atoms with van der Waals surface area (Å²) in [6.45, 7) is 1.49. The van der Waals surface area contributed by atoms with Gasteiger partial charge in [-0.05, 0) is 49.5 Å². The predicted molar refractivity (Wildman–Crippen MR) is 156 cm³/mol. The van der Waals surface area contributed by atoms with Gasteiger partial charge in [-0.2, -0.15) is 0 Å². The van der Waals surface area contributed by atoms with Crippen LogP contribution in [0.1, 0.15) is 31.2 Å². The van der Waals surface area contributed by atoms with Crippen molar-refractivity contribution in [3.05, 3.63) is 96.4 Å². The zero-order valence-corrected chi connectivity index (χ0v) is 24.1. The lowest BCUT2D eigenvalue weighted by molar-refractivity contribution is -0.392. The summed E-state index contributed by atoms with van der Waals surface area (Å²) in [6.07, 6.45) is 2.85. The molecule has 1 aliphatic heterocycles. The van der Waals surface area contributed by atoms with Gasteiger partial charge in [0.1, 0.15) is 0 Å². The van der Waals surface area contributed by atoms with Gasteiger partial charge in [-0.3, -0.25) is 39.4 Å². The van der Waals surface area contributed by atoms with Crippen molar-refractivity contribution in [1.82, 2.24) is 0 Å². The fourth-order valence-electron chi connectivity index (χ4n) is 7.15. The second-order valence-corrected chi connectivity index (χ2v) is 11.7. The van der Waals surface area contributed by atoms with Crippen molar-refractivity contribution in [2.24, 2.45) is 17.8 Å². The van der Waals surface area contributed by atoms with Gasteiger partial charge in [0.25, 0.3) is 0 Å². The van der Waals surface area contributed by atoms with Gasteiger partial charge in [0.15, 0.2) is 28.8 Å². The summed E-state index contributed by atoms with van der Waals surface area (Å²) >= 11 is 0. The van der Waals surface area contributed by atoms with E-state index in [0.29, 0.717) is 5.57 Å². The fraction of sp³-hybridized carbons (Fsp3) is 0.290. The van der Waals surface area contributed by atoms with E-state index in [2.05, 4.69) is 0 Å². The van der Waals surface area contributed by atoms with Crippen molar-refractivity contribution >= 4 is 46.1 Å². The molecule has 4 unspecified atom stereocenters. The maximum atomic E-state index is 14.6. The fourth-order valence-corrected chi connectivity index (χ4v) is 7.15. The monoisotopic (exact) mass is 616 g/mol. The zero-order valence-electron chi connectivity index (χ0n) is 24.1. The van der Waals surface area contributed by atoms with Crippen molar-refractivity contribution in [1.29, 1.82) is 0 Å². The van der Waals surface area contributed by atoms with Gasteiger partial charge in [-0.1, -0.05) is 17.7 Å². The van der Waals surface area contributed by atoms with Crippen LogP contribution in [0.15, 0.2) is 64.8 Å². The highest BCUT2D eigenvalue weighted by Gasteiger charge is 2.57. The van der Waals surface area contributed by atoms with E-state index in [0.717, 1.165) is 29.2 Å². The Hall–Kier alpha value is -5.53. The highest BCUT2D eigenvalue weighted by Crippen LogP contribution is 2.56. The van der Waals surface area contributed by atoms with Crippen LogP contribution in [-0.2, 0) is 19.2 Å². The number of amides is 2. The number of ketones is 2. The van der Waals surface area contributed by atoms with E-state index in [9.17, 15) is 48.9 Å². The Bertz CT molecular complexity index is 1860. The quantitative estimate of drug-likeness (QED) is 0.169. The largest absolute Gasteiger partial charge is 0.505 e. The summed E-state index contributed by atoms with van der Waals surface area (Å²) in [5, 5.41) is 33.7. The van der Waals surface area contributed by atoms with E-state index in [1.807, 2.05) is 0 Å². The molecule has 0 aromatic heterocycles. The Morgan fingerprint density at radius 3 is 2.20 bits per heavy atom. The number of aromatic hydroxyl groups is 1. The van der Waals surface area contributed by atoms with E-state index in [1.54, 1.807) is 6.08 Å². The molecule has 3 aliphatic carbocycles. The number of nitro benzene ring substituents is 2. The minimum absolute atomic E-state index is 0.0220. The molecule has 1 saturated heterocycles. The van der Waals surface area contributed by atoms with Crippen LogP contribution < -0.4 is 9.80 Å². The van der Waals surface area contributed by atoms with Crippen LogP contribution in [0, 0.1) is 43.8 Å². The van der Waals surface area contributed by atoms with Crippen LogP contribution in [0.4, 0.5) is 27.1 Å². The number of anilines is 2. The number of carbonyl (C=O) groups excluding carboxylic acids is 4. The van der Waals surface area contributed by atoms with Gasteiger partial charge in [-0.25, -0.2) is 9.29 Å². The molecule has 0 radical (unpaired) electrons.